The van der Waals surface area contributed by atoms with Gasteiger partial charge >= 0.3 is 0 Å². The van der Waals surface area contributed by atoms with Crippen molar-refractivity contribution in [2.45, 2.75) is 39.8 Å². The zero-order valence-corrected chi connectivity index (χ0v) is 21.5. The van der Waals surface area contributed by atoms with Gasteiger partial charge in [0, 0.05) is 18.1 Å². The van der Waals surface area contributed by atoms with Crippen LogP contribution in [-0.4, -0.2) is 50.5 Å². The molecule has 7 nitrogen and oxygen atoms in total. The van der Waals surface area contributed by atoms with E-state index in [4.69, 9.17) is 23.2 Å². The molecule has 0 heterocycles. The maximum atomic E-state index is 13.4. The van der Waals surface area contributed by atoms with E-state index in [0.29, 0.717) is 11.6 Å². The van der Waals surface area contributed by atoms with Crippen LogP contribution in [0, 0.1) is 6.92 Å². The van der Waals surface area contributed by atoms with Crippen LogP contribution in [0.15, 0.2) is 42.5 Å². The Hall–Kier alpha value is -2.29. The maximum Gasteiger partial charge on any atom is 0.244 e. The number of nitrogens with zero attached hydrogens (tertiary/aromatic N) is 2. The molecule has 0 fully saturated rings. The lowest BCUT2D eigenvalue weighted by atomic mass is 10.1. The number of nitrogens with one attached hydrogen (secondary N) is 1. The summed E-state index contributed by atoms with van der Waals surface area (Å²) in [5, 5.41) is 3.23. The normalized spacial score (nSPS) is 12.2. The highest BCUT2D eigenvalue weighted by Gasteiger charge is 2.30. The molecule has 1 atom stereocenters. The van der Waals surface area contributed by atoms with E-state index in [0.717, 1.165) is 28.1 Å². The molecule has 1 N–H and O–H groups in total. The van der Waals surface area contributed by atoms with Crippen molar-refractivity contribution in [3.63, 3.8) is 0 Å². The molecule has 0 unspecified atom stereocenters. The third-order valence-electron chi connectivity index (χ3n) is 5.05. The molecule has 33 heavy (non-hydrogen) atoms. The number of halogens is 2. The summed E-state index contributed by atoms with van der Waals surface area (Å²) < 4.78 is 26.0. The number of anilines is 1. The fourth-order valence-electron chi connectivity index (χ4n) is 3.15. The summed E-state index contributed by atoms with van der Waals surface area (Å²) in [4.78, 5) is 27.5. The summed E-state index contributed by atoms with van der Waals surface area (Å²) in [6, 6.07) is 11.1. The van der Waals surface area contributed by atoms with Crippen molar-refractivity contribution in [1.82, 2.24) is 10.2 Å². The van der Waals surface area contributed by atoms with Crippen LogP contribution in [0.2, 0.25) is 10.0 Å². The Bertz CT molecular complexity index is 1090. The van der Waals surface area contributed by atoms with Crippen molar-refractivity contribution in [2.75, 3.05) is 23.7 Å². The Morgan fingerprint density at radius 3 is 2.27 bits per heavy atom. The molecule has 0 aliphatic carbocycles. The molecule has 0 aromatic heterocycles. The summed E-state index contributed by atoms with van der Waals surface area (Å²) in [5.41, 5.74) is 2.01. The van der Waals surface area contributed by atoms with E-state index in [1.165, 1.54) is 23.1 Å². The molecular weight excluding hydrogens is 485 g/mol. The Morgan fingerprint density at radius 1 is 1.09 bits per heavy atom. The first-order valence-corrected chi connectivity index (χ1v) is 13.1. The van der Waals surface area contributed by atoms with E-state index < -0.39 is 28.5 Å². The topological polar surface area (TPSA) is 86.8 Å². The van der Waals surface area contributed by atoms with Crippen molar-refractivity contribution in [1.29, 1.82) is 0 Å². The highest BCUT2D eigenvalue weighted by atomic mass is 35.5. The fourth-order valence-corrected chi connectivity index (χ4v) is 4.57. The Kier molecular flexibility index (Phi) is 9.57. The third kappa shape index (κ3) is 7.62. The average Bonchev–Trinajstić information content (AvgIpc) is 2.74. The number of hydrogen-bond donors (Lipinski definition) is 1. The summed E-state index contributed by atoms with van der Waals surface area (Å²) in [7, 11) is -3.86. The van der Waals surface area contributed by atoms with E-state index in [1.54, 1.807) is 6.92 Å². The van der Waals surface area contributed by atoms with Gasteiger partial charge in [-0.2, -0.15) is 0 Å². The first kappa shape index (κ1) is 27.0. The van der Waals surface area contributed by atoms with Gasteiger partial charge in [0.15, 0.2) is 0 Å². The van der Waals surface area contributed by atoms with Gasteiger partial charge in [0.1, 0.15) is 12.6 Å². The summed E-state index contributed by atoms with van der Waals surface area (Å²) in [6.07, 6.45) is 1.74. The Labute approximate surface area is 205 Å². The van der Waals surface area contributed by atoms with Crippen LogP contribution in [0.4, 0.5) is 5.69 Å². The van der Waals surface area contributed by atoms with Gasteiger partial charge in [-0.05, 0) is 44.0 Å². The van der Waals surface area contributed by atoms with Crippen LogP contribution in [0.25, 0.3) is 0 Å². The average molecular weight is 514 g/mol. The predicted molar refractivity (Wildman–Crippen MR) is 133 cm³/mol. The van der Waals surface area contributed by atoms with Crippen molar-refractivity contribution < 1.29 is 18.0 Å². The Morgan fingerprint density at radius 2 is 1.73 bits per heavy atom. The molecule has 2 aromatic carbocycles. The Balaban J connectivity index is 2.39. The second-order valence-corrected chi connectivity index (χ2v) is 10.6. The second-order valence-electron chi connectivity index (χ2n) is 7.84. The van der Waals surface area contributed by atoms with Gasteiger partial charge in [-0.15, -0.1) is 0 Å². The largest absolute Gasteiger partial charge is 0.354 e. The lowest BCUT2D eigenvalue weighted by Crippen LogP contribution is -2.51. The number of carbonyl (C=O) groups is 2. The van der Waals surface area contributed by atoms with Gasteiger partial charge in [-0.25, -0.2) is 8.42 Å². The van der Waals surface area contributed by atoms with E-state index >= 15 is 0 Å². The standard InChI is InChI=1S/C23H29Cl2N3O4S/c1-5-12-26-23(30)17(3)27(14-18-8-6-16(2)7-9-18)22(29)15-28(33(4,31)32)21-11-10-19(24)13-20(21)25/h6-11,13,17H,5,12,14-15H2,1-4H3,(H,26,30)/t17-/m0/s1. The fraction of sp³-hybridized carbons (Fsp3) is 0.391. The molecule has 2 aromatic rings. The number of sulfonamides is 1. The molecule has 0 bridgehead atoms. The molecule has 0 aliphatic rings. The summed E-state index contributed by atoms with van der Waals surface area (Å²) in [6.45, 7) is 5.61. The SMILES string of the molecule is CCCNC(=O)[C@H](C)N(Cc1ccc(C)cc1)C(=O)CN(c1ccc(Cl)cc1Cl)S(C)(=O)=O. The molecular formula is C23H29Cl2N3O4S. The highest BCUT2D eigenvalue weighted by Crippen LogP contribution is 2.30. The van der Waals surface area contributed by atoms with E-state index in [-0.39, 0.29) is 23.2 Å². The predicted octanol–water partition coefficient (Wildman–Crippen LogP) is 4.01. The minimum atomic E-state index is -3.86. The third-order valence-corrected chi connectivity index (χ3v) is 6.71. The zero-order chi connectivity index (χ0) is 24.8. The van der Waals surface area contributed by atoms with Crippen LogP contribution in [0.5, 0.6) is 0 Å². The molecule has 10 heteroatoms. The van der Waals surface area contributed by atoms with Gasteiger partial charge in [0.2, 0.25) is 21.8 Å². The number of aryl methyl sites for hydroxylation is 1. The number of benzene rings is 2. The van der Waals surface area contributed by atoms with Crippen molar-refractivity contribution in [2.24, 2.45) is 0 Å². The monoisotopic (exact) mass is 513 g/mol. The van der Waals surface area contributed by atoms with Gasteiger partial charge in [0.05, 0.1) is 17.0 Å². The molecule has 0 spiro atoms. The van der Waals surface area contributed by atoms with E-state index in [1.807, 2.05) is 38.1 Å². The lowest BCUT2D eigenvalue weighted by molar-refractivity contribution is -0.139. The molecule has 2 rings (SSSR count). The second kappa shape index (κ2) is 11.7. The molecule has 0 radical (unpaired) electrons. The molecule has 0 saturated carbocycles. The molecule has 180 valence electrons. The van der Waals surface area contributed by atoms with Crippen LogP contribution >= 0.6 is 23.2 Å². The number of carbonyl (C=O) groups excluding carboxylic acids is 2. The van der Waals surface area contributed by atoms with Crippen molar-refractivity contribution >= 4 is 50.7 Å². The number of rotatable bonds is 10. The smallest absolute Gasteiger partial charge is 0.244 e. The highest BCUT2D eigenvalue weighted by molar-refractivity contribution is 7.92. The van der Waals surface area contributed by atoms with Crippen LogP contribution in [-0.2, 0) is 26.2 Å². The number of amides is 2. The van der Waals surface area contributed by atoms with Gasteiger partial charge in [0.25, 0.3) is 0 Å². The van der Waals surface area contributed by atoms with Crippen molar-refractivity contribution in [3.05, 3.63) is 63.6 Å². The van der Waals surface area contributed by atoms with Crippen LogP contribution in [0.1, 0.15) is 31.4 Å². The quantitative estimate of drug-likeness (QED) is 0.519. The first-order valence-electron chi connectivity index (χ1n) is 10.5. The van der Waals surface area contributed by atoms with E-state index in [9.17, 15) is 18.0 Å². The molecule has 0 aliphatic heterocycles. The van der Waals surface area contributed by atoms with Gasteiger partial charge in [-0.1, -0.05) is 60.0 Å². The summed E-state index contributed by atoms with van der Waals surface area (Å²) in [5.74, 6) is -0.848. The number of hydrogen-bond acceptors (Lipinski definition) is 4. The van der Waals surface area contributed by atoms with Crippen LogP contribution < -0.4 is 9.62 Å². The zero-order valence-electron chi connectivity index (χ0n) is 19.1. The van der Waals surface area contributed by atoms with Crippen LogP contribution in [0.3, 0.4) is 0 Å². The minimum absolute atomic E-state index is 0.0968. The van der Waals surface area contributed by atoms with Gasteiger partial charge in [-0.3, -0.25) is 13.9 Å². The van der Waals surface area contributed by atoms with Crippen molar-refractivity contribution in [3.8, 4) is 0 Å². The minimum Gasteiger partial charge on any atom is -0.354 e. The van der Waals surface area contributed by atoms with E-state index in [2.05, 4.69) is 5.32 Å². The maximum absolute atomic E-state index is 13.4. The molecule has 0 saturated heterocycles. The lowest BCUT2D eigenvalue weighted by Gasteiger charge is -2.31. The van der Waals surface area contributed by atoms with Gasteiger partial charge < -0.3 is 10.2 Å². The molecule has 2 amide bonds. The first-order chi connectivity index (χ1) is 15.4. The summed E-state index contributed by atoms with van der Waals surface area (Å²) >= 11 is 12.2.